The molecule has 1 aliphatic heterocycles. The van der Waals surface area contributed by atoms with Crippen LogP contribution in [0.4, 0.5) is 5.69 Å². The van der Waals surface area contributed by atoms with Crippen molar-refractivity contribution in [1.82, 2.24) is 15.6 Å². The molecule has 1 atom stereocenters. The molecule has 0 saturated carbocycles. The fourth-order valence-electron chi connectivity index (χ4n) is 2.64. The van der Waals surface area contributed by atoms with Crippen LogP contribution in [0.1, 0.15) is 18.2 Å². The van der Waals surface area contributed by atoms with Crippen molar-refractivity contribution >= 4 is 23.0 Å². The van der Waals surface area contributed by atoms with E-state index in [1.165, 1.54) is 6.20 Å². The standard InChI is InChI=1S/C19H27N7O/c1-12(21)15(10-23-2)14-7-17-16(24-9-14)4-5-19(25-17)26-18(22)6-13(8-20)11-27-3/h4-10,19,21,23,25-26H,11,20,22H2,1-3H3/b13-8+,15-10+,18-6+,21-12?. The van der Waals surface area contributed by atoms with Crippen molar-refractivity contribution in [1.29, 1.82) is 5.41 Å². The topological polar surface area (TPSA) is 134 Å². The van der Waals surface area contributed by atoms with Gasteiger partial charge in [-0.05, 0) is 43.0 Å². The third-order valence-corrected chi connectivity index (χ3v) is 3.87. The average Bonchev–Trinajstić information content (AvgIpc) is 2.64. The molecule has 0 fully saturated rings. The zero-order chi connectivity index (χ0) is 19.8. The minimum Gasteiger partial charge on any atom is -0.404 e. The van der Waals surface area contributed by atoms with Crippen molar-refractivity contribution in [3.8, 4) is 0 Å². The van der Waals surface area contributed by atoms with Crippen molar-refractivity contribution in [2.45, 2.75) is 13.1 Å². The minimum atomic E-state index is -0.204. The average molecular weight is 369 g/mol. The molecule has 0 radical (unpaired) electrons. The summed E-state index contributed by atoms with van der Waals surface area (Å²) in [6, 6.07) is 1.97. The van der Waals surface area contributed by atoms with Gasteiger partial charge in [0, 0.05) is 43.4 Å². The number of fused-ring (bicyclic) bond motifs is 1. The Morgan fingerprint density at radius 1 is 1.48 bits per heavy atom. The lowest BCUT2D eigenvalue weighted by molar-refractivity contribution is 0.228. The van der Waals surface area contributed by atoms with Crippen LogP contribution in [-0.2, 0) is 4.74 Å². The first-order valence-electron chi connectivity index (χ1n) is 8.50. The maximum Gasteiger partial charge on any atom is 0.117 e. The molecule has 8 nitrogen and oxygen atoms in total. The second-order valence-electron chi connectivity index (χ2n) is 6.03. The van der Waals surface area contributed by atoms with Gasteiger partial charge in [0.2, 0.25) is 0 Å². The van der Waals surface area contributed by atoms with Gasteiger partial charge in [-0.25, -0.2) is 0 Å². The van der Waals surface area contributed by atoms with E-state index in [2.05, 4.69) is 20.9 Å². The Labute approximate surface area is 159 Å². The van der Waals surface area contributed by atoms with Gasteiger partial charge in [0.1, 0.15) is 6.17 Å². The van der Waals surface area contributed by atoms with E-state index in [4.69, 9.17) is 21.6 Å². The van der Waals surface area contributed by atoms with Crippen molar-refractivity contribution in [2.24, 2.45) is 11.5 Å². The molecule has 0 saturated heterocycles. The van der Waals surface area contributed by atoms with Crippen molar-refractivity contribution in [2.75, 3.05) is 26.1 Å². The summed E-state index contributed by atoms with van der Waals surface area (Å²) in [5.41, 5.74) is 16.2. The Bertz CT molecular complexity index is 808. The number of ether oxygens (including phenoxy) is 1. The molecule has 0 aromatic carbocycles. The van der Waals surface area contributed by atoms with Crippen molar-refractivity contribution in [3.63, 3.8) is 0 Å². The van der Waals surface area contributed by atoms with E-state index in [-0.39, 0.29) is 6.17 Å². The van der Waals surface area contributed by atoms with Crippen molar-refractivity contribution in [3.05, 3.63) is 59.5 Å². The molecule has 1 unspecified atom stereocenters. The summed E-state index contributed by atoms with van der Waals surface area (Å²) in [4.78, 5) is 4.47. The van der Waals surface area contributed by atoms with Crippen LogP contribution in [0.25, 0.3) is 11.6 Å². The summed E-state index contributed by atoms with van der Waals surface area (Å²) < 4.78 is 5.07. The molecule has 0 spiro atoms. The molecule has 27 heavy (non-hydrogen) atoms. The molecule has 0 bridgehead atoms. The Kier molecular flexibility index (Phi) is 7.01. The van der Waals surface area contributed by atoms with Gasteiger partial charge < -0.3 is 37.6 Å². The number of pyridine rings is 1. The molecule has 8 heteroatoms. The summed E-state index contributed by atoms with van der Waals surface area (Å²) in [6.07, 6.45) is 10.4. The Morgan fingerprint density at radius 2 is 2.26 bits per heavy atom. The number of nitrogens with two attached hydrogens (primary N) is 2. The Balaban J connectivity index is 2.18. The Hall–Kier alpha value is -3.26. The zero-order valence-electron chi connectivity index (χ0n) is 15.8. The number of hydrogen-bond acceptors (Lipinski definition) is 8. The van der Waals surface area contributed by atoms with Gasteiger partial charge in [-0.1, -0.05) is 0 Å². The largest absolute Gasteiger partial charge is 0.404 e. The highest BCUT2D eigenvalue weighted by atomic mass is 16.5. The summed E-state index contributed by atoms with van der Waals surface area (Å²) in [7, 11) is 3.40. The number of allylic oxidation sites excluding steroid dienone is 1. The lowest BCUT2D eigenvalue weighted by Crippen LogP contribution is -2.38. The second kappa shape index (κ2) is 9.44. The lowest BCUT2D eigenvalue weighted by Gasteiger charge is -2.24. The highest BCUT2D eigenvalue weighted by molar-refractivity contribution is 6.21. The molecule has 0 amide bonds. The molecule has 2 heterocycles. The van der Waals surface area contributed by atoms with Crippen LogP contribution < -0.4 is 27.4 Å². The number of nitrogens with zero attached hydrogens (tertiary/aromatic N) is 1. The van der Waals surface area contributed by atoms with E-state index in [1.54, 1.807) is 39.6 Å². The number of aromatic nitrogens is 1. The van der Waals surface area contributed by atoms with E-state index >= 15 is 0 Å². The lowest BCUT2D eigenvalue weighted by atomic mass is 10.0. The summed E-state index contributed by atoms with van der Waals surface area (Å²) in [5.74, 6) is 0.463. The van der Waals surface area contributed by atoms with Crippen LogP contribution in [0.5, 0.6) is 0 Å². The first-order chi connectivity index (χ1) is 13.0. The molecule has 2 rings (SSSR count). The normalized spacial score (nSPS) is 17.1. The monoisotopic (exact) mass is 369 g/mol. The molecule has 1 aromatic heterocycles. The van der Waals surface area contributed by atoms with Crippen LogP contribution in [0, 0.1) is 5.41 Å². The fraction of sp³-hybridized carbons (Fsp3) is 0.263. The van der Waals surface area contributed by atoms with E-state index in [0.29, 0.717) is 18.1 Å². The van der Waals surface area contributed by atoms with Gasteiger partial charge in [0.25, 0.3) is 0 Å². The highest BCUT2D eigenvalue weighted by Gasteiger charge is 2.15. The maximum atomic E-state index is 7.95. The van der Waals surface area contributed by atoms with Crippen LogP contribution in [-0.4, -0.2) is 37.6 Å². The molecular weight excluding hydrogens is 342 g/mol. The molecule has 1 aromatic rings. The predicted octanol–water partition coefficient (Wildman–Crippen LogP) is 1.33. The molecule has 1 aliphatic rings. The number of rotatable bonds is 8. The van der Waals surface area contributed by atoms with Gasteiger partial charge >= 0.3 is 0 Å². The van der Waals surface area contributed by atoms with E-state index in [9.17, 15) is 0 Å². The highest BCUT2D eigenvalue weighted by Crippen LogP contribution is 2.25. The van der Waals surface area contributed by atoms with Crippen LogP contribution in [0.2, 0.25) is 0 Å². The minimum absolute atomic E-state index is 0.204. The van der Waals surface area contributed by atoms with Gasteiger partial charge in [0.15, 0.2) is 0 Å². The van der Waals surface area contributed by atoms with Gasteiger partial charge in [-0.2, -0.15) is 0 Å². The third kappa shape index (κ3) is 5.35. The molecule has 8 N–H and O–H groups in total. The molecule has 144 valence electrons. The zero-order valence-corrected chi connectivity index (χ0v) is 15.8. The van der Waals surface area contributed by atoms with Crippen LogP contribution in [0.15, 0.2) is 48.2 Å². The number of nitrogens with one attached hydrogen (secondary N) is 4. The number of anilines is 1. The first-order valence-corrected chi connectivity index (χ1v) is 8.50. The number of methoxy groups -OCH3 is 1. The second-order valence-corrected chi connectivity index (χ2v) is 6.03. The Morgan fingerprint density at radius 3 is 2.89 bits per heavy atom. The predicted molar refractivity (Wildman–Crippen MR) is 111 cm³/mol. The third-order valence-electron chi connectivity index (χ3n) is 3.87. The fourth-order valence-corrected chi connectivity index (χ4v) is 2.64. The maximum absolute atomic E-state index is 7.95. The summed E-state index contributed by atoms with van der Waals surface area (Å²) >= 11 is 0. The SMILES string of the molecule is CN/C=C(\C(C)=N)c1cnc2c(c1)NC(N/C(N)=C/C(=C\N)COC)C=C2. The van der Waals surface area contributed by atoms with Crippen LogP contribution >= 0.6 is 0 Å². The van der Waals surface area contributed by atoms with E-state index in [0.717, 1.165) is 28.1 Å². The molecule has 0 aliphatic carbocycles. The van der Waals surface area contributed by atoms with Gasteiger partial charge in [-0.15, -0.1) is 0 Å². The first kappa shape index (κ1) is 20.1. The van der Waals surface area contributed by atoms with E-state index < -0.39 is 0 Å². The van der Waals surface area contributed by atoms with Gasteiger partial charge in [0.05, 0.1) is 23.8 Å². The van der Waals surface area contributed by atoms with Crippen LogP contribution in [0.3, 0.4) is 0 Å². The van der Waals surface area contributed by atoms with Crippen molar-refractivity contribution < 1.29 is 4.74 Å². The van der Waals surface area contributed by atoms with Gasteiger partial charge in [-0.3, -0.25) is 4.98 Å². The van der Waals surface area contributed by atoms with E-state index in [1.807, 2.05) is 18.2 Å². The smallest absolute Gasteiger partial charge is 0.117 e. The number of hydrogen-bond donors (Lipinski definition) is 6. The quantitative estimate of drug-likeness (QED) is 0.301. The molecular formula is C19H27N7O. The summed E-state index contributed by atoms with van der Waals surface area (Å²) in [5, 5.41) is 17.4. The summed E-state index contributed by atoms with van der Waals surface area (Å²) in [6.45, 7) is 2.13.